The molecule has 0 fully saturated rings. The van der Waals surface area contributed by atoms with Crippen molar-refractivity contribution in [2.75, 3.05) is 6.61 Å². The lowest BCUT2D eigenvalue weighted by molar-refractivity contribution is 0.295. The van der Waals surface area contributed by atoms with Crippen LogP contribution in [-0.2, 0) is 6.42 Å². The fourth-order valence-corrected chi connectivity index (χ4v) is 2.03. The summed E-state index contributed by atoms with van der Waals surface area (Å²) in [5.41, 5.74) is 6.14. The molecule has 2 aromatic rings. The zero-order valence-corrected chi connectivity index (χ0v) is 12.1. The molecule has 5 nitrogen and oxygen atoms in total. The number of ether oxygens (including phenoxy) is 1. The molecule has 1 aromatic heterocycles. The second kappa shape index (κ2) is 7.05. The van der Waals surface area contributed by atoms with Crippen molar-refractivity contribution in [1.82, 2.24) is 14.8 Å². The van der Waals surface area contributed by atoms with Crippen LogP contribution in [0.3, 0.4) is 0 Å². The average molecular weight is 274 g/mol. The first kappa shape index (κ1) is 14.5. The van der Waals surface area contributed by atoms with Crippen LogP contribution in [0.15, 0.2) is 36.7 Å². The van der Waals surface area contributed by atoms with Crippen molar-refractivity contribution in [2.45, 2.75) is 38.8 Å². The molecule has 5 heteroatoms. The molecular weight excluding hydrogens is 252 g/mol. The molecule has 0 aliphatic heterocycles. The van der Waals surface area contributed by atoms with E-state index in [0.717, 1.165) is 24.4 Å². The fraction of sp³-hybridized carbons (Fsp3) is 0.467. The van der Waals surface area contributed by atoms with Crippen molar-refractivity contribution < 1.29 is 4.74 Å². The van der Waals surface area contributed by atoms with Gasteiger partial charge in [-0.25, -0.2) is 9.67 Å². The van der Waals surface area contributed by atoms with Crippen LogP contribution in [0.1, 0.15) is 32.1 Å². The summed E-state index contributed by atoms with van der Waals surface area (Å²) >= 11 is 0. The summed E-state index contributed by atoms with van der Waals surface area (Å²) in [6, 6.07) is 10.1. The maximum absolute atomic E-state index is 6.14. The highest BCUT2D eigenvalue weighted by Gasteiger charge is 2.12. The number of hydrogen-bond donors (Lipinski definition) is 1. The van der Waals surface area contributed by atoms with Crippen molar-refractivity contribution in [3.8, 4) is 5.75 Å². The van der Waals surface area contributed by atoms with Gasteiger partial charge in [0.25, 0.3) is 0 Å². The van der Waals surface area contributed by atoms with Crippen molar-refractivity contribution in [3.63, 3.8) is 0 Å². The Labute approximate surface area is 119 Å². The van der Waals surface area contributed by atoms with E-state index in [2.05, 4.69) is 23.9 Å². The quantitative estimate of drug-likeness (QED) is 0.840. The SMILES string of the molecule is CC(C)n1ncnc1CC(N)CCOc1ccccc1. The third kappa shape index (κ3) is 4.06. The summed E-state index contributed by atoms with van der Waals surface area (Å²) < 4.78 is 7.57. The Morgan fingerprint density at radius 2 is 2.00 bits per heavy atom. The molecule has 0 radical (unpaired) electrons. The second-order valence-electron chi connectivity index (χ2n) is 5.13. The number of nitrogens with zero attached hydrogens (tertiary/aromatic N) is 3. The Morgan fingerprint density at radius 1 is 1.25 bits per heavy atom. The van der Waals surface area contributed by atoms with E-state index in [9.17, 15) is 0 Å². The van der Waals surface area contributed by atoms with E-state index in [1.807, 2.05) is 35.0 Å². The minimum Gasteiger partial charge on any atom is -0.494 e. The highest BCUT2D eigenvalue weighted by atomic mass is 16.5. The molecule has 0 saturated carbocycles. The smallest absolute Gasteiger partial charge is 0.138 e. The van der Waals surface area contributed by atoms with Gasteiger partial charge in [0.05, 0.1) is 6.61 Å². The molecule has 2 rings (SSSR count). The third-order valence-electron chi connectivity index (χ3n) is 3.08. The van der Waals surface area contributed by atoms with E-state index in [0.29, 0.717) is 12.6 Å². The Bertz CT molecular complexity index is 510. The van der Waals surface area contributed by atoms with Crippen LogP contribution in [-0.4, -0.2) is 27.4 Å². The van der Waals surface area contributed by atoms with Gasteiger partial charge in [-0.1, -0.05) is 18.2 Å². The minimum atomic E-state index is 0.0282. The van der Waals surface area contributed by atoms with E-state index in [-0.39, 0.29) is 6.04 Å². The van der Waals surface area contributed by atoms with E-state index >= 15 is 0 Å². The first-order chi connectivity index (χ1) is 9.66. The summed E-state index contributed by atoms with van der Waals surface area (Å²) in [6.07, 6.45) is 3.10. The summed E-state index contributed by atoms with van der Waals surface area (Å²) in [7, 11) is 0. The largest absolute Gasteiger partial charge is 0.494 e. The molecule has 20 heavy (non-hydrogen) atoms. The highest BCUT2D eigenvalue weighted by Crippen LogP contribution is 2.10. The molecule has 0 saturated heterocycles. The monoisotopic (exact) mass is 274 g/mol. The maximum Gasteiger partial charge on any atom is 0.138 e. The van der Waals surface area contributed by atoms with Crippen LogP contribution < -0.4 is 10.5 Å². The number of para-hydroxylation sites is 1. The highest BCUT2D eigenvalue weighted by molar-refractivity contribution is 5.20. The third-order valence-corrected chi connectivity index (χ3v) is 3.08. The summed E-state index contributed by atoms with van der Waals surface area (Å²) in [5.74, 6) is 1.82. The van der Waals surface area contributed by atoms with Gasteiger partial charge >= 0.3 is 0 Å². The number of nitrogens with two attached hydrogens (primary N) is 1. The fourth-order valence-electron chi connectivity index (χ4n) is 2.03. The molecule has 1 aromatic carbocycles. The van der Waals surface area contributed by atoms with Crippen molar-refractivity contribution in [2.24, 2.45) is 5.73 Å². The summed E-state index contributed by atoms with van der Waals surface area (Å²) in [5, 5.41) is 4.22. The molecule has 0 spiro atoms. The van der Waals surface area contributed by atoms with Crippen LogP contribution in [0, 0.1) is 0 Å². The van der Waals surface area contributed by atoms with Crippen molar-refractivity contribution in [1.29, 1.82) is 0 Å². The van der Waals surface area contributed by atoms with Crippen LogP contribution in [0.4, 0.5) is 0 Å². The Morgan fingerprint density at radius 3 is 2.70 bits per heavy atom. The van der Waals surface area contributed by atoms with Crippen molar-refractivity contribution in [3.05, 3.63) is 42.5 Å². The first-order valence-electron chi connectivity index (χ1n) is 6.98. The van der Waals surface area contributed by atoms with E-state index < -0.39 is 0 Å². The van der Waals surface area contributed by atoms with Gasteiger partial charge < -0.3 is 10.5 Å². The zero-order chi connectivity index (χ0) is 14.4. The molecule has 1 unspecified atom stereocenters. The Balaban J connectivity index is 1.78. The normalized spacial score (nSPS) is 12.6. The minimum absolute atomic E-state index is 0.0282. The number of rotatable bonds is 7. The average Bonchev–Trinajstić information content (AvgIpc) is 2.88. The maximum atomic E-state index is 6.14. The molecular formula is C15H22N4O. The molecule has 0 aliphatic carbocycles. The van der Waals surface area contributed by atoms with Crippen LogP contribution in [0.2, 0.25) is 0 Å². The van der Waals surface area contributed by atoms with E-state index in [4.69, 9.17) is 10.5 Å². The second-order valence-corrected chi connectivity index (χ2v) is 5.13. The van der Waals surface area contributed by atoms with Gasteiger partial charge in [0.1, 0.15) is 17.9 Å². The predicted molar refractivity (Wildman–Crippen MR) is 78.6 cm³/mol. The van der Waals surface area contributed by atoms with Gasteiger partial charge in [-0.3, -0.25) is 0 Å². The van der Waals surface area contributed by atoms with Gasteiger partial charge in [-0.15, -0.1) is 0 Å². The summed E-state index contributed by atoms with van der Waals surface area (Å²) in [4.78, 5) is 4.27. The van der Waals surface area contributed by atoms with E-state index in [1.165, 1.54) is 0 Å². The van der Waals surface area contributed by atoms with Crippen LogP contribution in [0.25, 0.3) is 0 Å². The Kier molecular flexibility index (Phi) is 5.12. The summed E-state index contributed by atoms with van der Waals surface area (Å²) in [6.45, 7) is 4.78. The van der Waals surface area contributed by atoms with Gasteiger partial charge in [0, 0.05) is 18.5 Å². The molecule has 2 N–H and O–H groups in total. The molecule has 1 atom stereocenters. The van der Waals surface area contributed by atoms with Gasteiger partial charge in [0.2, 0.25) is 0 Å². The molecule has 0 aliphatic rings. The van der Waals surface area contributed by atoms with Crippen LogP contribution >= 0.6 is 0 Å². The zero-order valence-electron chi connectivity index (χ0n) is 12.1. The molecule has 108 valence electrons. The van der Waals surface area contributed by atoms with Crippen molar-refractivity contribution >= 4 is 0 Å². The topological polar surface area (TPSA) is 66.0 Å². The van der Waals surface area contributed by atoms with Gasteiger partial charge in [-0.05, 0) is 32.4 Å². The first-order valence-corrected chi connectivity index (χ1v) is 6.98. The van der Waals surface area contributed by atoms with E-state index in [1.54, 1.807) is 6.33 Å². The molecule has 0 bridgehead atoms. The van der Waals surface area contributed by atoms with Crippen LogP contribution in [0.5, 0.6) is 5.75 Å². The lowest BCUT2D eigenvalue weighted by Gasteiger charge is -2.14. The molecule has 0 amide bonds. The number of aromatic nitrogens is 3. The Hall–Kier alpha value is -1.88. The van der Waals surface area contributed by atoms with Gasteiger partial charge in [0.15, 0.2) is 0 Å². The molecule has 1 heterocycles. The standard InChI is InChI=1S/C15H22N4O/c1-12(2)19-15(17-11-18-19)10-13(16)8-9-20-14-6-4-3-5-7-14/h3-7,11-13H,8-10,16H2,1-2H3. The number of benzene rings is 1. The van der Waals surface area contributed by atoms with Gasteiger partial charge in [-0.2, -0.15) is 5.10 Å². The lowest BCUT2D eigenvalue weighted by Crippen LogP contribution is -2.27. The lowest BCUT2D eigenvalue weighted by atomic mass is 10.1. The number of hydrogen-bond acceptors (Lipinski definition) is 4. The predicted octanol–water partition coefficient (Wildman–Crippen LogP) is 2.20.